The van der Waals surface area contributed by atoms with Crippen molar-refractivity contribution in [2.24, 2.45) is 0 Å². The third-order valence-corrected chi connectivity index (χ3v) is 3.85. The summed E-state index contributed by atoms with van der Waals surface area (Å²) in [5, 5.41) is 9.12. The average Bonchev–Trinajstić information content (AvgIpc) is 2.49. The zero-order valence-electron chi connectivity index (χ0n) is 14.4. The van der Waals surface area contributed by atoms with Gasteiger partial charge in [0.05, 0.1) is 0 Å². The minimum atomic E-state index is -1.02. The summed E-state index contributed by atoms with van der Waals surface area (Å²) in [6.45, 7) is 4.32. The van der Waals surface area contributed by atoms with E-state index in [2.05, 4.69) is 13.8 Å². The molecular weight excluding hydrogens is 280 g/mol. The lowest BCUT2D eigenvalue weighted by Gasteiger charge is -2.13. The summed E-state index contributed by atoms with van der Waals surface area (Å²) in [5.74, 6) is -1.39. The van der Waals surface area contributed by atoms with Gasteiger partial charge in [0.25, 0.3) is 0 Å². The Morgan fingerprint density at radius 1 is 0.818 bits per heavy atom. The second-order valence-corrected chi connectivity index (χ2v) is 6.04. The molecule has 0 amide bonds. The van der Waals surface area contributed by atoms with E-state index in [1.165, 1.54) is 25.7 Å². The van der Waals surface area contributed by atoms with E-state index in [-0.39, 0.29) is 5.97 Å². The van der Waals surface area contributed by atoms with E-state index in [1.54, 1.807) is 0 Å². The lowest BCUT2D eigenvalue weighted by atomic mass is 10.1. The van der Waals surface area contributed by atoms with Crippen molar-refractivity contribution in [1.29, 1.82) is 0 Å². The molecule has 0 aromatic heterocycles. The normalized spacial score (nSPS) is 12.1. The molecule has 0 bridgehead atoms. The minimum Gasteiger partial charge on any atom is -0.479 e. The topological polar surface area (TPSA) is 63.6 Å². The van der Waals surface area contributed by atoms with Crippen LogP contribution in [0.5, 0.6) is 0 Å². The summed E-state index contributed by atoms with van der Waals surface area (Å²) in [4.78, 5) is 22.8. The molecule has 1 unspecified atom stereocenters. The van der Waals surface area contributed by atoms with E-state index in [0.29, 0.717) is 12.8 Å². The van der Waals surface area contributed by atoms with Crippen molar-refractivity contribution >= 4 is 11.9 Å². The Hall–Kier alpha value is -1.06. The van der Waals surface area contributed by atoms with Crippen molar-refractivity contribution in [2.75, 3.05) is 0 Å². The Labute approximate surface area is 135 Å². The molecule has 0 spiro atoms. The van der Waals surface area contributed by atoms with Crippen LogP contribution in [-0.2, 0) is 14.3 Å². The van der Waals surface area contributed by atoms with Crippen molar-refractivity contribution in [3.63, 3.8) is 0 Å². The number of aliphatic carboxylic acids is 1. The number of rotatable bonds is 15. The van der Waals surface area contributed by atoms with Crippen LogP contribution in [0.1, 0.15) is 97.3 Å². The van der Waals surface area contributed by atoms with Crippen LogP contribution in [0, 0.1) is 0 Å². The van der Waals surface area contributed by atoms with E-state index in [0.717, 1.165) is 44.9 Å². The second-order valence-electron chi connectivity index (χ2n) is 6.04. The molecule has 1 atom stereocenters. The maximum atomic E-state index is 11.7. The van der Waals surface area contributed by atoms with Gasteiger partial charge < -0.3 is 9.84 Å². The first-order chi connectivity index (χ1) is 10.6. The van der Waals surface area contributed by atoms with Gasteiger partial charge in [0.15, 0.2) is 6.10 Å². The van der Waals surface area contributed by atoms with Gasteiger partial charge >= 0.3 is 11.9 Å². The predicted molar refractivity (Wildman–Crippen MR) is 88.9 cm³/mol. The maximum Gasteiger partial charge on any atom is 0.345 e. The smallest absolute Gasteiger partial charge is 0.345 e. The van der Waals surface area contributed by atoms with Crippen LogP contribution in [0.4, 0.5) is 0 Å². The third kappa shape index (κ3) is 12.7. The lowest BCUT2D eigenvalue weighted by Crippen LogP contribution is -2.27. The molecule has 1 N–H and O–H groups in total. The van der Waals surface area contributed by atoms with Crippen molar-refractivity contribution in [2.45, 2.75) is 103 Å². The number of carbonyl (C=O) groups excluding carboxylic acids is 1. The number of hydrogen-bond acceptors (Lipinski definition) is 3. The summed E-state index contributed by atoms with van der Waals surface area (Å²) in [6.07, 6.45) is 11.7. The molecule has 0 aromatic rings. The van der Waals surface area contributed by atoms with Gasteiger partial charge in [-0.2, -0.15) is 0 Å². The molecule has 0 fully saturated rings. The number of carbonyl (C=O) groups is 2. The van der Waals surface area contributed by atoms with Crippen LogP contribution in [0.2, 0.25) is 0 Å². The van der Waals surface area contributed by atoms with Gasteiger partial charge in [-0.1, -0.05) is 71.6 Å². The largest absolute Gasteiger partial charge is 0.479 e. The van der Waals surface area contributed by atoms with Crippen LogP contribution in [0.15, 0.2) is 0 Å². The van der Waals surface area contributed by atoms with Crippen molar-refractivity contribution in [3.05, 3.63) is 0 Å². The molecular formula is C18H34O4. The summed E-state index contributed by atoms with van der Waals surface area (Å²) in [6, 6.07) is 0. The van der Waals surface area contributed by atoms with Crippen LogP contribution < -0.4 is 0 Å². The van der Waals surface area contributed by atoms with E-state index < -0.39 is 12.1 Å². The SMILES string of the molecule is CCCCCCCCC(=O)OC(CCCCCCC)C(=O)O. The summed E-state index contributed by atoms with van der Waals surface area (Å²) in [7, 11) is 0. The quantitative estimate of drug-likeness (QED) is 0.337. The number of unbranched alkanes of at least 4 members (excludes halogenated alkanes) is 9. The van der Waals surface area contributed by atoms with Crippen LogP contribution in [-0.4, -0.2) is 23.1 Å². The van der Waals surface area contributed by atoms with Crippen molar-refractivity contribution < 1.29 is 19.4 Å². The van der Waals surface area contributed by atoms with Gasteiger partial charge in [-0.05, 0) is 19.3 Å². The highest BCUT2D eigenvalue weighted by molar-refractivity contribution is 5.77. The molecule has 0 radical (unpaired) electrons. The Balaban J connectivity index is 3.77. The Kier molecular flexibility index (Phi) is 14.1. The highest BCUT2D eigenvalue weighted by Crippen LogP contribution is 2.12. The highest BCUT2D eigenvalue weighted by Gasteiger charge is 2.21. The fourth-order valence-corrected chi connectivity index (χ4v) is 2.43. The fourth-order valence-electron chi connectivity index (χ4n) is 2.43. The van der Waals surface area contributed by atoms with Crippen molar-refractivity contribution in [1.82, 2.24) is 0 Å². The third-order valence-electron chi connectivity index (χ3n) is 3.85. The number of hydrogen-bond donors (Lipinski definition) is 1. The van der Waals surface area contributed by atoms with Crippen LogP contribution in [0.25, 0.3) is 0 Å². The molecule has 0 rings (SSSR count). The highest BCUT2D eigenvalue weighted by atomic mass is 16.6. The predicted octanol–water partition coefficient (Wildman–Crippen LogP) is 5.09. The standard InChI is InChI=1S/C18H34O4/c1-3-5-7-9-11-13-15-17(19)22-16(18(20)21)14-12-10-8-6-4-2/h16H,3-15H2,1-2H3,(H,20,21). The summed E-state index contributed by atoms with van der Waals surface area (Å²) in [5.41, 5.74) is 0. The van der Waals surface area contributed by atoms with Gasteiger partial charge in [-0.15, -0.1) is 0 Å². The van der Waals surface area contributed by atoms with Gasteiger partial charge in [-0.25, -0.2) is 4.79 Å². The van der Waals surface area contributed by atoms with Crippen LogP contribution in [0.3, 0.4) is 0 Å². The summed E-state index contributed by atoms with van der Waals surface area (Å²) < 4.78 is 5.11. The van der Waals surface area contributed by atoms with E-state index in [1.807, 2.05) is 0 Å². The molecule has 22 heavy (non-hydrogen) atoms. The van der Waals surface area contributed by atoms with Gasteiger partial charge in [-0.3, -0.25) is 4.79 Å². The first-order valence-corrected chi connectivity index (χ1v) is 9.04. The maximum absolute atomic E-state index is 11.7. The van der Waals surface area contributed by atoms with Gasteiger partial charge in [0, 0.05) is 6.42 Å². The van der Waals surface area contributed by atoms with Gasteiger partial charge in [0.1, 0.15) is 0 Å². The zero-order valence-corrected chi connectivity index (χ0v) is 14.4. The molecule has 4 nitrogen and oxygen atoms in total. The first kappa shape index (κ1) is 20.9. The summed E-state index contributed by atoms with van der Waals surface area (Å²) >= 11 is 0. The molecule has 0 aliphatic carbocycles. The number of carboxylic acids is 1. The van der Waals surface area contributed by atoms with Gasteiger partial charge in [0.2, 0.25) is 0 Å². The monoisotopic (exact) mass is 314 g/mol. The Morgan fingerprint density at radius 3 is 1.86 bits per heavy atom. The molecule has 0 aromatic carbocycles. The molecule has 0 saturated heterocycles. The number of ether oxygens (including phenoxy) is 1. The second kappa shape index (κ2) is 14.9. The van der Waals surface area contributed by atoms with E-state index in [4.69, 9.17) is 9.84 Å². The zero-order chi connectivity index (χ0) is 16.6. The Morgan fingerprint density at radius 2 is 1.32 bits per heavy atom. The average molecular weight is 314 g/mol. The first-order valence-electron chi connectivity index (χ1n) is 9.04. The number of esters is 1. The van der Waals surface area contributed by atoms with E-state index in [9.17, 15) is 9.59 Å². The molecule has 0 aliphatic rings. The van der Waals surface area contributed by atoms with Crippen LogP contribution >= 0.6 is 0 Å². The molecule has 130 valence electrons. The molecule has 0 saturated carbocycles. The minimum absolute atomic E-state index is 0.339. The molecule has 4 heteroatoms. The Bertz CT molecular complexity index is 289. The van der Waals surface area contributed by atoms with Crippen molar-refractivity contribution in [3.8, 4) is 0 Å². The van der Waals surface area contributed by atoms with E-state index >= 15 is 0 Å². The fraction of sp³-hybridized carbons (Fsp3) is 0.889. The molecule has 0 aliphatic heterocycles. The molecule has 0 heterocycles. The number of carboxylic acid groups (broad SMARTS) is 1. The lowest BCUT2D eigenvalue weighted by molar-refractivity contribution is -0.164.